The lowest BCUT2D eigenvalue weighted by atomic mass is 10.2. The first kappa shape index (κ1) is 18.3. The largest absolute Gasteiger partial charge is 0.369 e. The van der Waals surface area contributed by atoms with Gasteiger partial charge >= 0.3 is 0 Å². The zero-order valence-electron chi connectivity index (χ0n) is 15.0. The van der Waals surface area contributed by atoms with Crippen LogP contribution in [0, 0.1) is 6.92 Å². The van der Waals surface area contributed by atoms with Crippen molar-refractivity contribution in [1.29, 1.82) is 0 Å². The molecule has 0 fully saturated rings. The molecule has 3 rings (SSSR count). The molecule has 2 heterocycles. The summed E-state index contributed by atoms with van der Waals surface area (Å²) in [5.41, 5.74) is 8.98. The Morgan fingerprint density at radius 1 is 1.31 bits per heavy atom. The number of nitrogens with one attached hydrogen (secondary N) is 1. The minimum atomic E-state index is -0.135. The van der Waals surface area contributed by atoms with E-state index < -0.39 is 0 Å². The van der Waals surface area contributed by atoms with Crippen molar-refractivity contribution in [2.24, 2.45) is 0 Å². The van der Waals surface area contributed by atoms with Crippen LogP contribution in [0.25, 0.3) is 11.2 Å². The number of rotatable bonds is 7. The van der Waals surface area contributed by atoms with E-state index in [1.54, 1.807) is 24.0 Å². The maximum atomic E-state index is 12.3. The monoisotopic (exact) mass is 369 g/mol. The summed E-state index contributed by atoms with van der Waals surface area (Å²) < 4.78 is 1.82. The highest BCUT2D eigenvalue weighted by molar-refractivity contribution is 7.99. The summed E-state index contributed by atoms with van der Waals surface area (Å²) in [4.78, 5) is 22.2. The number of benzene rings is 1. The van der Waals surface area contributed by atoms with E-state index in [4.69, 9.17) is 5.73 Å². The molecule has 0 unspecified atom stereocenters. The number of pyridine rings is 1. The third-order valence-electron chi connectivity index (χ3n) is 4.09. The summed E-state index contributed by atoms with van der Waals surface area (Å²) in [7, 11) is 0. The molecule has 2 aromatic heterocycles. The van der Waals surface area contributed by atoms with E-state index in [1.165, 1.54) is 10.5 Å². The quantitative estimate of drug-likeness (QED) is 0.493. The van der Waals surface area contributed by atoms with Gasteiger partial charge in [-0.2, -0.15) is 0 Å². The molecule has 1 amide bonds. The van der Waals surface area contributed by atoms with Gasteiger partial charge in [-0.15, -0.1) is 11.8 Å². The van der Waals surface area contributed by atoms with Gasteiger partial charge in [-0.1, -0.05) is 17.7 Å². The smallest absolute Gasteiger partial charge is 0.252 e. The molecule has 0 aliphatic heterocycles. The number of imidazole rings is 1. The molecule has 6 nitrogen and oxygen atoms in total. The summed E-state index contributed by atoms with van der Waals surface area (Å²) in [6, 6.07) is 10.2. The number of carbonyl (C=O) groups excluding carboxylic acids is 1. The van der Waals surface area contributed by atoms with Gasteiger partial charge in [0.15, 0.2) is 5.65 Å². The molecule has 0 spiro atoms. The summed E-state index contributed by atoms with van der Waals surface area (Å²) in [6.45, 7) is 5.38. The molecule has 0 aliphatic rings. The minimum Gasteiger partial charge on any atom is -0.369 e. The highest BCUT2D eigenvalue weighted by Crippen LogP contribution is 2.19. The predicted octanol–water partition coefficient (Wildman–Crippen LogP) is 3.25. The van der Waals surface area contributed by atoms with Gasteiger partial charge in [-0.25, -0.2) is 9.97 Å². The number of amides is 1. The van der Waals surface area contributed by atoms with Crippen LogP contribution in [0.2, 0.25) is 0 Å². The molecule has 7 heteroatoms. The first-order valence-corrected chi connectivity index (χ1v) is 9.66. The van der Waals surface area contributed by atoms with Gasteiger partial charge in [0, 0.05) is 24.2 Å². The minimum absolute atomic E-state index is 0.135. The highest BCUT2D eigenvalue weighted by Gasteiger charge is 2.12. The third kappa shape index (κ3) is 4.16. The van der Waals surface area contributed by atoms with Gasteiger partial charge in [0.05, 0.1) is 5.56 Å². The van der Waals surface area contributed by atoms with Crippen molar-refractivity contribution >= 4 is 34.8 Å². The van der Waals surface area contributed by atoms with Crippen molar-refractivity contribution in [2.75, 3.05) is 18.0 Å². The molecule has 0 bridgehead atoms. The van der Waals surface area contributed by atoms with Gasteiger partial charge in [0.25, 0.3) is 5.91 Å². The van der Waals surface area contributed by atoms with E-state index in [-0.39, 0.29) is 5.91 Å². The van der Waals surface area contributed by atoms with E-state index in [9.17, 15) is 4.79 Å². The normalized spacial score (nSPS) is 11.0. The predicted molar refractivity (Wildman–Crippen MR) is 106 cm³/mol. The summed E-state index contributed by atoms with van der Waals surface area (Å²) >= 11 is 1.80. The van der Waals surface area contributed by atoms with Crippen LogP contribution in [0.4, 0.5) is 5.95 Å². The first-order chi connectivity index (χ1) is 12.6. The molecule has 0 saturated heterocycles. The molecule has 0 atom stereocenters. The second-order valence-electron chi connectivity index (χ2n) is 6.05. The number of nitrogens with zero attached hydrogens (tertiary/aromatic N) is 3. The Labute approximate surface area is 157 Å². The highest BCUT2D eigenvalue weighted by atomic mass is 32.2. The number of nitrogens with two attached hydrogens (primary N) is 1. The molecule has 26 heavy (non-hydrogen) atoms. The lowest BCUT2D eigenvalue weighted by Gasteiger charge is -2.06. The number of hydrogen-bond acceptors (Lipinski definition) is 5. The lowest BCUT2D eigenvalue weighted by molar-refractivity contribution is 0.0953. The Morgan fingerprint density at radius 3 is 2.81 bits per heavy atom. The molecule has 136 valence electrons. The van der Waals surface area contributed by atoms with E-state index >= 15 is 0 Å². The summed E-state index contributed by atoms with van der Waals surface area (Å²) in [5, 5.41) is 2.94. The van der Waals surface area contributed by atoms with Crippen LogP contribution in [0.15, 0.2) is 41.4 Å². The fourth-order valence-electron chi connectivity index (χ4n) is 2.67. The number of hydrogen-bond donors (Lipinski definition) is 2. The Hall–Kier alpha value is -2.54. The second kappa shape index (κ2) is 8.23. The van der Waals surface area contributed by atoms with Gasteiger partial charge in [0.2, 0.25) is 5.95 Å². The number of nitrogen functional groups attached to an aromatic ring is 1. The Morgan fingerprint density at radius 2 is 2.08 bits per heavy atom. The van der Waals surface area contributed by atoms with Crippen LogP contribution in [0.1, 0.15) is 29.3 Å². The van der Waals surface area contributed by atoms with Crippen LogP contribution < -0.4 is 11.1 Å². The average molecular weight is 369 g/mol. The molecule has 0 radical (unpaired) electrons. The van der Waals surface area contributed by atoms with E-state index in [2.05, 4.69) is 46.5 Å². The summed E-state index contributed by atoms with van der Waals surface area (Å²) in [6.07, 6.45) is 2.48. The van der Waals surface area contributed by atoms with E-state index in [0.29, 0.717) is 35.8 Å². The standard InChI is InChI=1S/C19H23N5OS/c1-3-24-17-16(23-19(24)20)11-14(12-22-17)18(25)21-9-4-10-26-15-7-5-13(2)6-8-15/h5-8,11-12H,3-4,9-10H2,1-2H3,(H2,20,23)(H,21,25). The van der Waals surface area contributed by atoms with Crippen LogP contribution in [-0.2, 0) is 6.54 Å². The SMILES string of the molecule is CCn1c(N)nc2cc(C(=O)NCCCSc3ccc(C)cc3)cnc21. The number of carbonyl (C=O) groups is 1. The Kier molecular flexibility index (Phi) is 5.78. The molecule has 3 aromatic rings. The van der Waals surface area contributed by atoms with Crippen molar-refractivity contribution < 1.29 is 4.79 Å². The van der Waals surface area contributed by atoms with Crippen LogP contribution in [0.3, 0.4) is 0 Å². The van der Waals surface area contributed by atoms with Crippen LogP contribution in [0.5, 0.6) is 0 Å². The van der Waals surface area contributed by atoms with Crippen molar-refractivity contribution in [1.82, 2.24) is 19.9 Å². The number of aromatic nitrogens is 3. The lowest BCUT2D eigenvalue weighted by Crippen LogP contribution is -2.24. The average Bonchev–Trinajstić information content (AvgIpc) is 2.96. The van der Waals surface area contributed by atoms with Crippen LogP contribution >= 0.6 is 11.8 Å². The molecule has 0 saturated carbocycles. The van der Waals surface area contributed by atoms with Crippen molar-refractivity contribution in [3.05, 3.63) is 47.7 Å². The van der Waals surface area contributed by atoms with Crippen molar-refractivity contribution in [3.8, 4) is 0 Å². The number of aryl methyl sites for hydroxylation is 2. The summed E-state index contributed by atoms with van der Waals surface area (Å²) in [5.74, 6) is 1.24. The van der Waals surface area contributed by atoms with Gasteiger partial charge in [-0.3, -0.25) is 9.36 Å². The zero-order chi connectivity index (χ0) is 18.5. The molecule has 3 N–H and O–H groups in total. The zero-order valence-corrected chi connectivity index (χ0v) is 15.8. The Balaban J connectivity index is 1.50. The molecule has 1 aromatic carbocycles. The fraction of sp³-hybridized carbons (Fsp3) is 0.316. The van der Waals surface area contributed by atoms with Gasteiger partial charge in [-0.05, 0) is 44.2 Å². The topological polar surface area (TPSA) is 85.8 Å². The van der Waals surface area contributed by atoms with Crippen molar-refractivity contribution in [2.45, 2.75) is 31.7 Å². The van der Waals surface area contributed by atoms with E-state index in [1.807, 2.05) is 11.5 Å². The third-order valence-corrected chi connectivity index (χ3v) is 5.19. The fourth-order valence-corrected chi connectivity index (χ4v) is 3.52. The van der Waals surface area contributed by atoms with Gasteiger partial charge < -0.3 is 11.1 Å². The van der Waals surface area contributed by atoms with E-state index in [0.717, 1.165) is 12.2 Å². The molecular formula is C19H23N5OS. The first-order valence-electron chi connectivity index (χ1n) is 8.68. The number of fused-ring (bicyclic) bond motifs is 1. The Bertz CT molecular complexity index is 904. The second-order valence-corrected chi connectivity index (χ2v) is 7.22. The molecule has 0 aliphatic carbocycles. The number of thioether (sulfide) groups is 1. The maximum Gasteiger partial charge on any atom is 0.252 e. The molecular weight excluding hydrogens is 346 g/mol. The van der Waals surface area contributed by atoms with Gasteiger partial charge in [0.1, 0.15) is 5.52 Å². The van der Waals surface area contributed by atoms with Crippen molar-refractivity contribution in [3.63, 3.8) is 0 Å². The number of anilines is 1. The van der Waals surface area contributed by atoms with Crippen LogP contribution in [-0.4, -0.2) is 32.7 Å². The maximum absolute atomic E-state index is 12.3.